The summed E-state index contributed by atoms with van der Waals surface area (Å²) in [5.74, 6) is -0.761. The summed E-state index contributed by atoms with van der Waals surface area (Å²) in [5.41, 5.74) is 2.69. The minimum absolute atomic E-state index is 0.00427. The number of aliphatic hydroxyl groups is 1. The molecular formula is C26H22N6O6. The van der Waals surface area contributed by atoms with Crippen LogP contribution in [-0.2, 0) is 16.0 Å². The summed E-state index contributed by atoms with van der Waals surface area (Å²) in [7, 11) is 0. The highest BCUT2D eigenvalue weighted by molar-refractivity contribution is 6.04. The number of nitrogens with zero attached hydrogens (tertiary/aromatic N) is 3. The molecule has 0 spiro atoms. The molecular weight excluding hydrogens is 492 g/mol. The summed E-state index contributed by atoms with van der Waals surface area (Å²) in [6.45, 7) is 1.36. The summed E-state index contributed by atoms with van der Waals surface area (Å²) >= 11 is 0. The van der Waals surface area contributed by atoms with Gasteiger partial charge in [-0.2, -0.15) is 5.10 Å². The average molecular weight is 514 g/mol. The van der Waals surface area contributed by atoms with Gasteiger partial charge in [0.05, 0.1) is 22.4 Å². The number of aromatic amines is 1. The van der Waals surface area contributed by atoms with Crippen molar-refractivity contribution in [2.45, 2.75) is 19.4 Å². The second-order valence-electron chi connectivity index (χ2n) is 8.27. The Hall–Kier alpha value is -5.23. The molecule has 0 unspecified atom stereocenters. The summed E-state index contributed by atoms with van der Waals surface area (Å²) in [5, 5.41) is 28.9. The Bertz CT molecular complexity index is 1600. The molecule has 0 aliphatic heterocycles. The van der Waals surface area contributed by atoms with Gasteiger partial charge < -0.3 is 15.4 Å². The lowest BCUT2D eigenvalue weighted by molar-refractivity contribution is -0.384. The van der Waals surface area contributed by atoms with Crippen LogP contribution in [0.25, 0.3) is 11.0 Å². The molecule has 0 bridgehead atoms. The highest BCUT2D eigenvalue weighted by atomic mass is 16.6. The summed E-state index contributed by atoms with van der Waals surface area (Å²) < 4.78 is 0. The Morgan fingerprint density at radius 3 is 2.47 bits per heavy atom. The maximum absolute atomic E-state index is 13.0. The van der Waals surface area contributed by atoms with E-state index in [0.29, 0.717) is 11.3 Å². The number of nitro benzene ring substituents is 1. The van der Waals surface area contributed by atoms with E-state index in [4.69, 9.17) is 0 Å². The number of nitrogens with one attached hydrogen (secondary N) is 3. The van der Waals surface area contributed by atoms with Gasteiger partial charge in [-0.15, -0.1) is 0 Å². The molecule has 4 N–H and O–H groups in total. The number of aromatic nitrogens is 2. The molecule has 1 aromatic heterocycles. The maximum Gasteiger partial charge on any atom is 0.276 e. The number of benzene rings is 3. The Balaban J connectivity index is 1.72. The van der Waals surface area contributed by atoms with Crippen molar-refractivity contribution in [2.24, 2.45) is 5.10 Å². The molecule has 1 atom stereocenters. The third-order valence-electron chi connectivity index (χ3n) is 5.44. The minimum Gasteiger partial charge on any atom is -0.382 e. The standard InChI is InChI=1S/C26H22N6O6/c1-15(33)27-18-9-7-17(8-10-18)25(35)23(31-30-22(34)13-16-5-3-2-4-6-16)24-26(36)29-21-14-19(32(37)38)11-12-20(21)28-24/h2-12,14,25,35H,13H2,1H3,(H,27,33)(H,29,36)(H,30,34)/b31-23+/t25-/m1/s1. The van der Waals surface area contributed by atoms with Crippen molar-refractivity contribution in [3.05, 3.63) is 110 Å². The Morgan fingerprint density at radius 2 is 1.82 bits per heavy atom. The number of hydrogen-bond acceptors (Lipinski definition) is 8. The van der Waals surface area contributed by atoms with E-state index in [0.717, 1.165) is 5.56 Å². The molecule has 2 amide bonds. The van der Waals surface area contributed by atoms with Gasteiger partial charge in [0.25, 0.3) is 11.2 Å². The molecule has 0 fully saturated rings. The molecule has 0 saturated heterocycles. The first-order chi connectivity index (χ1) is 18.2. The molecule has 12 heteroatoms. The van der Waals surface area contributed by atoms with Gasteiger partial charge in [-0.3, -0.25) is 24.5 Å². The van der Waals surface area contributed by atoms with Gasteiger partial charge in [-0.25, -0.2) is 10.4 Å². The number of hydrazone groups is 1. The highest BCUT2D eigenvalue weighted by Gasteiger charge is 2.23. The molecule has 0 saturated carbocycles. The number of non-ortho nitro benzene ring substituents is 1. The maximum atomic E-state index is 13.0. The number of hydrogen-bond donors (Lipinski definition) is 4. The van der Waals surface area contributed by atoms with Gasteiger partial charge in [0.1, 0.15) is 11.8 Å². The van der Waals surface area contributed by atoms with E-state index in [2.05, 4.69) is 25.8 Å². The van der Waals surface area contributed by atoms with Gasteiger partial charge in [0, 0.05) is 24.7 Å². The van der Waals surface area contributed by atoms with Crippen LogP contribution >= 0.6 is 0 Å². The molecule has 0 aliphatic carbocycles. The van der Waals surface area contributed by atoms with Crippen LogP contribution < -0.4 is 16.3 Å². The molecule has 4 aromatic rings. The lowest BCUT2D eigenvalue weighted by Crippen LogP contribution is -2.29. The first-order valence-electron chi connectivity index (χ1n) is 11.4. The van der Waals surface area contributed by atoms with E-state index >= 15 is 0 Å². The Morgan fingerprint density at radius 1 is 1.11 bits per heavy atom. The van der Waals surface area contributed by atoms with E-state index in [9.17, 15) is 29.6 Å². The lowest BCUT2D eigenvalue weighted by Gasteiger charge is -2.15. The minimum atomic E-state index is -1.50. The first kappa shape index (κ1) is 25.9. The summed E-state index contributed by atoms with van der Waals surface area (Å²) in [6, 6.07) is 18.8. The lowest BCUT2D eigenvalue weighted by atomic mass is 10.0. The third kappa shape index (κ3) is 6.12. The number of carbonyl (C=O) groups is 2. The van der Waals surface area contributed by atoms with Crippen LogP contribution in [0, 0.1) is 10.1 Å². The molecule has 4 rings (SSSR count). The highest BCUT2D eigenvalue weighted by Crippen LogP contribution is 2.22. The van der Waals surface area contributed by atoms with Crippen molar-refractivity contribution in [2.75, 3.05) is 5.32 Å². The summed E-state index contributed by atoms with van der Waals surface area (Å²) in [4.78, 5) is 54.1. The smallest absolute Gasteiger partial charge is 0.276 e. The number of amides is 2. The average Bonchev–Trinajstić information content (AvgIpc) is 2.89. The van der Waals surface area contributed by atoms with Crippen LogP contribution in [0.15, 0.2) is 82.7 Å². The summed E-state index contributed by atoms with van der Waals surface area (Å²) in [6.07, 6.45) is -1.49. The van der Waals surface area contributed by atoms with E-state index in [1.54, 1.807) is 36.4 Å². The van der Waals surface area contributed by atoms with Gasteiger partial charge in [0.2, 0.25) is 11.8 Å². The number of carbonyl (C=O) groups excluding carboxylic acids is 2. The normalized spacial score (nSPS) is 12.1. The number of fused-ring (bicyclic) bond motifs is 1. The van der Waals surface area contributed by atoms with Crippen LogP contribution in [-0.4, -0.2) is 37.5 Å². The zero-order chi connectivity index (χ0) is 27.2. The largest absolute Gasteiger partial charge is 0.382 e. The number of rotatable bonds is 8. The van der Waals surface area contributed by atoms with E-state index in [1.807, 2.05) is 6.07 Å². The van der Waals surface area contributed by atoms with Crippen LogP contribution in [0.2, 0.25) is 0 Å². The number of aliphatic hydroxyl groups excluding tert-OH is 1. The molecule has 3 aromatic carbocycles. The quantitative estimate of drug-likeness (QED) is 0.158. The molecule has 1 heterocycles. The number of anilines is 1. The monoisotopic (exact) mass is 514 g/mol. The fraction of sp³-hybridized carbons (Fsp3) is 0.115. The van der Waals surface area contributed by atoms with Crippen molar-refractivity contribution in [1.29, 1.82) is 0 Å². The van der Waals surface area contributed by atoms with Gasteiger partial charge in [-0.1, -0.05) is 42.5 Å². The molecule has 38 heavy (non-hydrogen) atoms. The topological polar surface area (TPSA) is 180 Å². The van der Waals surface area contributed by atoms with E-state index < -0.39 is 22.5 Å². The second-order valence-corrected chi connectivity index (χ2v) is 8.27. The SMILES string of the molecule is CC(=O)Nc1ccc([C@@H](O)/C(=N/NC(=O)Cc2ccccc2)c2nc3ccc([N+](=O)[O-])cc3[nH]c2=O)cc1. The Labute approximate surface area is 215 Å². The van der Waals surface area contributed by atoms with E-state index in [-0.39, 0.29) is 40.5 Å². The fourth-order valence-electron chi connectivity index (χ4n) is 3.66. The van der Waals surface area contributed by atoms with Crippen LogP contribution in [0.5, 0.6) is 0 Å². The van der Waals surface area contributed by atoms with Crippen molar-refractivity contribution in [3.8, 4) is 0 Å². The zero-order valence-corrected chi connectivity index (χ0v) is 20.0. The van der Waals surface area contributed by atoms with Crippen LogP contribution in [0.1, 0.15) is 29.8 Å². The van der Waals surface area contributed by atoms with Crippen molar-refractivity contribution in [3.63, 3.8) is 0 Å². The zero-order valence-electron chi connectivity index (χ0n) is 20.0. The first-order valence-corrected chi connectivity index (χ1v) is 11.4. The number of nitro groups is 1. The van der Waals surface area contributed by atoms with Crippen molar-refractivity contribution in [1.82, 2.24) is 15.4 Å². The van der Waals surface area contributed by atoms with Gasteiger partial charge in [-0.05, 0) is 29.3 Å². The predicted molar refractivity (Wildman–Crippen MR) is 140 cm³/mol. The predicted octanol–water partition coefficient (Wildman–Crippen LogP) is 2.59. The van der Waals surface area contributed by atoms with Crippen LogP contribution in [0.3, 0.4) is 0 Å². The number of H-pyrrole nitrogens is 1. The van der Waals surface area contributed by atoms with E-state index in [1.165, 1.54) is 37.3 Å². The molecule has 0 aliphatic rings. The third-order valence-corrected chi connectivity index (χ3v) is 5.44. The fourth-order valence-corrected chi connectivity index (χ4v) is 3.66. The van der Waals surface area contributed by atoms with Gasteiger partial charge >= 0.3 is 0 Å². The Kier molecular flexibility index (Phi) is 7.63. The molecule has 0 radical (unpaired) electrons. The van der Waals surface area contributed by atoms with Gasteiger partial charge in [0.15, 0.2) is 5.69 Å². The molecule has 192 valence electrons. The van der Waals surface area contributed by atoms with Crippen molar-refractivity contribution < 1.29 is 19.6 Å². The van der Waals surface area contributed by atoms with Crippen molar-refractivity contribution >= 4 is 39.9 Å². The molecule has 12 nitrogen and oxygen atoms in total. The second kappa shape index (κ2) is 11.2. The van der Waals surface area contributed by atoms with Crippen LogP contribution in [0.4, 0.5) is 11.4 Å².